The van der Waals surface area contributed by atoms with Gasteiger partial charge in [-0.15, -0.1) is 0 Å². The van der Waals surface area contributed by atoms with Crippen LogP contribution in [0, 0.1) is 0 Å². The lowest BCUT2D eigenvalue weighted by Crippen LogP contribution is -2.40. The Morgan fingerprint density at radius 1 is 1.41 bits per heavy atom. The zero-order valence-electron chi connectivity index (χ0n) is 12.0. The molecule has 1 saturated heterocycles. The van der Waals surface area contributed by atoms with E-state index in [1.165, 1.54) is 12.1 Å². The van der Waals surface area contributed by atoms with Crippen molar-refractivity contribution in [1.82, 2.24) is 15.5 Å². The standard InChI is InChI=1S/C14H17F2N3O3/c1-9(10-2-4-11(5-3-10)22-13(15)16)18-8-12(20)19-7-6-17-14(19)21/h2-5,9,13,18H,6-8H2,1H3,(H,17,21)/t9-/m0/s1. The van der Waals surface area contributed by atoms with Gasteiger partial charge in [0.25, 0.3) is 0 Å². The number of imide groups is 1. The first-order chi connectivity index (χ1) is 10.5. The lowest BCUT2D eigenvalue weighted by Gasteiger charge is -2.17. The fourth-order valence-corrected chi connectivity index (χ4v) is 2.10. The van der Waals surface area contributed by atoms with Gasteiger partial charge in [-0.1, -0.05) is 12.1 Å². The van der Waals surface area contributed by atoms with Crippen LogP contribution in [0.4, 0.5) is 13.6 Å². The molecule has 3 amide bonds. The molecule has 1 atom stereocenters. The summed E-state index contributed by atoms with van der Waals surface area (Å²) in [5.74, 6) is -0.227. The molecule has 1 aromatic rings. The van der Waals surface area contributed by atoms with Gasteiger partial charge in [0.1, 0.15) is 5.75 Å². The summed E-state index contributed by atoms with van der Waals surface area (Å²) in [6.07, 6.45) is 0. The third-order valence-corrected chi connectivity index (χ3v) is 3.32. The van der Waals surface area contributed by atoms with Crippen LogP contribution in [0.15, 0.2) is 24.3 Å². The highest BCUT2D eigenvalue weighted by Crippen LogP contribution is 2.19. The van der Waals surface area contributed by atoms with Gasteiger partial charge >= 0.3 is 12.6 Å². The summed E-state index contributed by atoms with van der Waals surface area (Å²) in [5, 5.41) is 5.55. The maximum Gasteiger partial charge on any atom is 0.387 e. The number of urea groups is 1. The first-order valence-electron chi connectivity index (χ1n) is 6.83. The van der Waals surface area contributed by atoms with Gasteiger partial charge in [0, 0.05) is 19.1 Å². The number of alkyl halides is 2. The van der Waals surface area contributed by atoms with E-state index in [1.54, 1.807) is 12.1 Å². The van der Waals surface area contributed by atoms with Crippen LogP contribution >= 0.6 is 0 Å². The first-order valence-corrected chi connectivity index (χ1v) is 6.83. The summed E-state index contributed by atoms with van der Waals surface area (Å²) in [6.45, 7) is -0.172. The number of rotatable bonds is 6. The van der Waals surface area contributed by atoms with Crippen molar-refractivity contribution < 1.29 is 23.1 Å². The summed E-state index contributed by atoms with van der Waals surface area (Å²) in [6, 6.07) is 5.61. The molecule has 1 aliphatic heterocycles. The van der Waals surface area contributed by atoms with Crippen molar-refractivity contribution in [3.05, 3.63) is 29.8 Å². The minimum Gasteiger partial charge on any atom is -0.435 e. The normalized spacial score (nSPS) is 15.8. The lowest BCUT2D eigenvalue weighted by atomic mass is 10.1. The zero-order valence-corrected chi connectivity index (χ0v) is 12.0. The molecule has 2 N–H and O–H groups in total. The molecule has 0 saturated carbocycles. The smallest absolute Gasteiger partial charge is 0.387 e. The van der Waals surface area contributed by atoms with E-state index in [1.807, 2.05) is 6.92 Å². The maximum absolute atomic E-state index is 12.1. The van der Waals surface area contributed by atoms with Gasteiger partial charge in [0.05, 0.1) is 6.54 Å². The van der Waals surface area contributed by atoms with Crippen LogP contribution in [-0.4, -0.2) is 43.1 Å². The highest BCUT2D eigenvalue weighted by atomic mass is 19.3. The molecule has 0 unspecified atom stereocenters. The highest BCUT2D eigenvalue weighted by Gasteiger charge is 2.25. The van der Waals surface area contributed by atoms with E-state index >= 15 is 0 Å². The number of ether oxygens (including phenoxy) is 1. The summed E-state index contributed by atoms with van der Waals surface area (Å²) in [5.41, 5.74) is 0.820. The van der Waals surface area contributed by atoms with Gasteiger partial charge in [-0.3, -0.25) is 9.69 Å². The Bertz CT molecular complexity index is 537. The third kappa shape index (κ3) is 4.14. The fraction of sp³-hybridized carbons (Fsp3) is 0.429. The van der Waals surface area contributed by atoms with E-state index < -0.39 is 6.61 Å². The molecule has 1 heterocycles. The Kier molecular flexibility index (Phi) is 5.26. The Labute approximate surface area is 126 Å². The molecule has 0 aromatic heterocycles. The van der Waals surface area contributed by atoms with E-state index in [2.05, 4.69) is 15.4 Å². The topological polar surface area (TPSA) is 70.7 Å². The van der Waals surface area contributed by atoms with E-state index in [-0.39, 0.29) is 30.3 Å². The van der Waals surface area contributed by atoms with Crippen molar-refractivity contribution in [3.63, 3.8) is 0 Å². The number of nitrogens with zero attached hydrogens (tertiary/aromatic N) is 1. The van der Waals surface area contributed by atoms with Gasteiger partial charge in [-0.05, 0) is 24.6 Å². The predicted octanol–water partition coefficient (Wildman–Crippen LogP) is 1.49. The minimum atomic E-state index is -2.86. The molecule has 8 heteroatoms. The summed E-state index contributed by atoms with van der Waals surface area (Å²) < 4.78 is 28.4. The molecule has 0 radical (unpaired) electrons. The molecule has 1 aliphatic rings. The molecule has 2 rings (SSSR count). The number of hydrogen-bond donors (Lipinski definition) is 2. The van der Waals surface area contributed by atoms with Crippen LogP contribution in [0.2, 0.25) is 0 Å². The molecule has 6 nitrogen and oxygen atoms in total. The van der Waals surface area contributed by atoms with Crippen molar-refractivity contribution in [2.24, 2.45) is 0 Å². The van der Waals surface area contributed by atoms with Crippen LogP contribution in [0.25, 0.3) is 0 Å². The Balaban J connectivity index is 1.85. The average molecular weight is 313 g/mol. The van der Waals surface area contributed by atoms with Gasteiger partial charge < -0.3 is 15.4 Å². The average Bonchev–Trinajstić information content (AvgIpc) is 2.91. The summed E-state index contributed by atoms with van der Waals surface area (Å²) in [4.78, 5) is 24.4. The molecular formula is C14H17F2N3O3. The first kappa shape index (κ1) is 16.2. The monoisotopic (exact) mass is 313 g/mol. The third-order valence-electron chi connectivity index (χ3n) is 3.32. The molecule has 1 fully saturated rings. The van der Waals surface area contributed by atoms with Crippen molar-refractivity contribution in [2.75, 3.05) is 19.6 Å². The predicted molar refractivity (Wildman–Crippen MR) is 74.6 cm³/mol. The van der Waals surface area contributed by atoms with Crippen molar-refractivity contribution >= 4 is 11.9 Å². The van der Waals surface area contributed by atoms with Crippen LogP contribution in [-0.2, 0) is 4.79 Å². The number of benzene rings is 1. The fourth-order valence-electron chi connectivity index (χ4n) is 2.10. The number of nitrogens with one attached hydrogen (secondary N) is 2. The van der Waals surface area contributed by atoms with E-state index in [9.17, 15) is 18.4 Å². The minimum absolute atomic E-state index is 0.0177. The highest BCUT2D eigenvalue weighted by molar-refractivity contribution is 5.96. The molecule has 1 aromatic carbocycles. The Morgan fingerprint density at radius 2 is 2.09 bits per heavy atom. The van der Waals surface area contributed by atoms with E-state index in [0.717, 1.165) is 10.5 Å². The second-order valence-electron chi connectivity index (χ2n) is 4.83. The molecule has 120 valence electrons. The quantitative estimate of drug-likeness (QED) is 0.835. The number of hydrogen-bond acceptors (Lipinski definition) is 4. The molecule has 22 heavy (non-hydrogen) atoms. The van der Waals surface area contributed by atoms with Gasteiger partial charge in [0.2, 0.25) is 5.91 Å². The number of halogens is 2. The van der Waals surface area contributed by atoms with Crippen molar-refractivity contribution in [2.45, 2.75) is 19.6 Å². The van der Waals surface area contributed by atoms with E-state index in [4.69, 9.17) is 0 Å². The summed E-state index contributed by atoms with van der Waals surface area (Å²) in [7, 11) is 0. The number of amides is 3. The molecule has 0 spiro atoms. The largest absolute Gasteiger partial charge is 0.435 e. The maximum atomic E-state index is 12.1. The SMILES string of the molecule is C[C@H](NCC(=O)N1CCNC1=O)c1ccc(OC(F)F)cc1. The molecule has 0 aliphatic carbocycles. The Morgan fingerprint density at radius 3 is 2.64 bits per heavy atom. The van der Waals surface area contributed by atoms with Crippen LogP contribution in [0.3, 0.4) is 0 Å². The second-order valence-corrected chi connectivity index (χ2v) is 4.83. The zero-order chi connectivity index (χ0) is 16.1. The van der Waals surface area contributed by atoms with Gasteiger partial charge in [0.15, 0.2) is 0 Å². The van der Waals surface area contributed by atoms with Crippen LogP contribution < -0.4 is 15.4 Å². The van der Waals surface area contributed by atoms with Gasteiger partial charge in [-0.25, -0.2) is 4.79 Å². The molecule has 0 bridgehead atoms. The molecular weight excluding hydrogens is 296 g/mol. The van der Waals surface area contributed by atoms with E-state index in [0.29, 0.717) is 13.1 Å². The van der Waals surface area contributed by atoms with Gasteiger partial charge in [-0.2, -0.15) is 8.78 Å². The summed E-state index contributed by atoms with van der Waals surface area (Å²) >= 11 is 0. The van der Waals surface area contributed by atoms with Crippen LogP contribution in [0.5, 0.6) is 5.75 Å². The second kappa shape index (κ2) is 7.17. The van der Waals surface area contributed by atoms with Crippen LogP contribution in [0.1, 0.15) is 18.5 Å². The lowest BCUT2D eigenvalue weighted by molar-refractivity contribution is -0.126. The Hall–Kier alpha value is -2.22. The van der Waals surface area contributed by atoms with Crippen molar-refractivity contribution in [1.29, 1.82) is 0 Å². The number of carbonyl (C=O) groups excluding carboxylic acids is 2. The van der Waals surface area contributed by atoms with Crippen molar-refractivity contribution in [3.8, 4) is 5.75 Å². The number of carbonyl (C=O) groups is 2.